The highest BCUT2D eigenvalue weighted by molar-refractivity contribution is 8.19. The Hall–Kier alpha value is -2.61. The molecule has 9 heteroatoms. The average Bonchev–Trinajstić information content (AvgIpc) is 2.96. The minimum atomic E-state index is -2.51. The molecule has 2 heterocycles. The lowest BCUT2D eigenvalue weighted by Gasteiger charge is -2.49. The van der Waals surface area contributed by atoms with Gasteiger partial charge in [-0.1, -0.05) is 54.6 Å². The standard InChI is InChI=1S/C29H35N2O5PS/c38-37(25-9-2-1-3-10-25)30-15-8-16-31(37)27-12-5-7-14-29(27)36-24-22-34-20-18-32-17-19-33-21-23-35-28-13-6-4-11-26(28)30/h1-7,9-14H,8,15-24H2. The number of anilines is 2. The molecule has 2 aliphatic rings. The number of benzene rings is 3. The molecule has 0 amide bonds. The van der Waals surface area contributed by atoms with Crippen LogP contribution in [0.3, 0.4) is 0 Å². The molecule has 0 aromatic heterocycles. The smallest absolute Gasteiger partial charge is 0.153 e. The highest BCUT2D eigenvalue weighted by atomic mass is 32.4. The van der Waals surface area contributed by atoms with E-state index in [2.05, 4.69) is 57.9 Å². The summed E-state index contributed by atoms with van der Waals surface area (Å²) in [7, 11) is 0. The Morgan fingerprint density at radius 2 is 0.947 bits per heavy atom. The Bertz CT molecular complexity index is 1140. The van der Waals surface area contributed by atoms with Crippen molar-refractivity contribution in [2.75, 3.05) is 75.3 Å². The summed E-state index contributed by atoms with van der Waals surface area (Å²) < 4.78 is 34.3. The van der Waals surface area contributed by atoms with Crippen molar-refractivity contribution in [2.24, 2.45) is 0 Å². The zero-order chi connectivity index (χ0) is 26.0. The number of hydrogen-bond donors (Lipinski definition) is 0. The first-order valence-electron chi connectivity index (χ1n) is 13.2. The highest BCUT2D eigenvalue weighted by Gasteiger charge is 2.40. The second-order valence-electron chi connectivity index (χ2n) is 8.95. The van der Waals surface area contributed by atoms with Crippen molar-refractivity contribution in [3.63, 3.8) is 0 Å². The van der Waals surface area contributed by atoms with Gasteiger partial charge in [-0.3, -0.25) is 0 Å². The van der Waals surface area contributed by atoms with E-state index in [0.29, 0.717) is 52.9 Å². The lowest BCUT2D eigenvalue weighted by Crippen LogP contribution is -2.43. The fraction of sp³-hybridized carbons (Fsp3) is 0.379. The van der Waals surface area contributed by atoms with Crippen molar-refractivity contribution in [3.8, 4) is 11.5 Å². The number of ether oxygens (including phenoxy) is 5. The highest BCUT2D eigenvalue weighted by Crippen LogP contribution is 2.60. The van der Waals surface area contributed by atoms with Crippen LogP contribution >= 0.6 is 6.34 Å². The van der Waals surface area contributed by atoms with Gasteiger partial charge >= 0.3 is 0 Å². The van der Waals surface area contributed by atoms with Crippen LogP contribution in [0.25, 0.3) is 0 Å². The summed E-state index contributed by atoms with van der Waals surface area (Å²) in [6.07, 6.45) is -1.55. The van der Waals surface area contributed by atoms with Gasteiger partial charge in [0.1, 0.15) is 24.7 Å². The van der Waals surface area contributed by atoms with Crippen LogP contribution in [0, 0.1) is 0 Å². The van der Waals surface area contributed by atoms with Crippen molar-refractivity contribution < 1.29 is 23.7 Å². The van der Waals surface area contributed by atoms with Gasteiger partial charge in [0.25, 0.3) is 0 Å². The number of rotatable bonds is 1. The van der Waals surface area contributed by atoms with E-state index in [9.17, 15) is 0 Å². The van der Waals surface area contributed by atoms with Crippen LogP contribution in [0.4, 0.5) is 11.4 Å². The molecule has 0 saturated carbocycles. The predicted octanol–water partition coefficient (Wildman–Crippen LogP) is 4.86. The summed E-state index contributed by atoms with van der Waals surface area (Å²) in [4.78, 5) is 0. The Morgan fingerprint density at radius 3 is 1.45 bits per heavy atom. The lowest BCUT2D eigenvalue weighted by atomic mass is 10.2. The second kappa shape index (κ2) is 13.5. The third-order valence-corrected chi connectivity index (χ3v) is 11.4. The van der Waals surface area contributed by atoms with Crippen LogP contribution in [-0.2, 0) is 26.0 Å². The van der Waals surface area contributed by atoms with E-state index in [0.717, 1.165) is 47.7 Å². The molecule has 0 unspecified atom stereocenters. The molecular weight excluding hydrogens is 519 g/mol. The predicted molar refractivity (Wildman–Crippen MR) is 156 cm³/mol. The fourth-order valence-electron chi connectivity index (χ4n) is 4.75. The average molecular weight is 555 g/mol. The monoisotopic (exact) mass is 554 g/mol. The summed E-state index contributed by atoms with van der Waals surface area (Å²) in [5.41, 5.74) is 2.02. The van der Waals surface area contributed by atoms with Crippen LogP contribution in [0.15, 0.2) is 78.9 Å². The molecule has 0 N–H and O–H groups in total. The zero-order valence-electron chi connectivity index (χ0n) is 21.6. The maximum absolute atomic E-state index is 6.77. The Balaban J connectivity index is 1.56. The van der Waals surface area contributed by atoms with E-state index >= 15 is 0 Å². The van der Waals surface area contributed by atoms with Gasteiger partial charge in [-0.2, -0.15) is 0 Å². The first-order chi connectivity index (χ1) is 18.8. The maximum Gasteiger partial charge on any atom is 0.153 e. The molecule has 38 heavy (non-hydrogen) atoms. The Kier molecular flexibility index (Phi) is 9.55. The normalized spacial score (nSPS) is 19.3. The fourth-order valence-corrected chi connectivity index (χ4v) is 9.25. The van der Waals surface area contributed by atoms with Crippen molar-refractivity contribution in [3.05, 3.63) is 78.9 Å². The summed E-state index contributed by atoms with van der Waals surface area (Å²) in [5, 5.41) is 1.13. The van der Waals surface area contributed by atoms with Crippen molar-refractivity contribution in [1.29, 1.82) is 0 Å². The van der Waals surface area contributed by atoms with Crippen LogP contribution in [0.2, 0.25) is 0 Å². The molecule has 1 fully saturated rings. The largest absolute Gasteiger partial charge is 0.489 e. The van der Waals surface area contributed by atoms with E-state index < -0.39 is 6.34 Å². The van der Waals surface area contributed by atoms with Gasteiger partial charge < -0.3 is 33.0 Å². The third-order valence-electron chi connectivity index (χ3n) is 6.49. The lowest BCUT2D eigenvalue weighted by molar-refractivity contribution is 0.00503. The van der Waals surface area contributed by atoms with Crippen LogP contribution in [0.1, 0.15) is 6.42 Å². The number of hydrogen-bond acceptors (Lipinski definition) is 6. The minimum absolute atomic E-state index is 0.447. The van der Waals surface area contributed by atoms with Crippen LogP contribution in [0.5, 0.6) is 11.5 Å². The van der Waals surface area contributed by atoms with Gasteiger partial charge in [-0.05, 0) is 42.5 Å². The van der Waals surface area contributed by atoms with Crippen molar-refractivity contribution in [2.45, 2.75) is 6.42 Å². The van der Waals surface area contributed by atoms with E-state index in [1.807, 2.05) is 30.3 Å². The number of fused-ring (bicyclic) bond motifs is 6. The molecule has 5 rings (SSSR count). The van der Waals surface area contributed by atoms with Crippen LogP contribution < -0.4 is 24.1 Å². The molecule has 3 aromatic carbocycles. The van der Waals surface area contributed by atoms with Gasteiger partial charge in [0, 0.05) is 18.4 Å². The molecule has 0 atom stereocenters. The summed E-state index contributed by atoms with van der Waals surface area (Å²) in [5.74, 6) is 1.63. The third kappa shape index (κ3) is 6.16. The van der Waals surface area contributed by atoms with Gasteiger partial charge in [-0.25, -0.2) is 0 Å². The Morgan fingerprint density at radius 1 is 0.526 bits per heavy atom. The summed E-state index contributed by atoms with van der Waals surface area (Å²) in [6, 6.07) is 26.9. The van der Waals surface area contributed by atoms with E-state index in [-0.39, 0.29) is 0 Å². The Labute approximate surface area is 230 Å². The van der Waals surface area contributed by atoms with Crippen molar-refractivity contribution in [1.82, 2.24) is 0 Å². The zero-order valence-corrected chi connectivity index (χ0v) is 23.3. The number of para-hydroxylation sites is 4. The summed E-state index contributed by atoms with van der Waals surface area (Å²) >= 11 is 6.77. The molecule has 0 radical (unpaired) electrons. The van der Waals surface area contributed by atoms with E-state index in [4.69, 9.17) is 35.5 Å². The van der Waals surface area contributed by atoms with Crippen molar-refractivity contribution >= 4 is 34.8 Å². The second-order valence-corrected chi connectivity index (χ2v) is 13.0. The topological polar surface area (TPSA) is 52.6 Å². The first-order valence-corrected chi connectivity index (χ1v) is 15.9. The number of nitrogens with zero attached hydrogens (tertiary/aromatic N) is 2. The quantitative estimate of drug-likeness (QED) is 0.396. The maximum atomic E-state index is 6.77. The van der Waals surface area contributed by atoms with Gasteiger partial charge in [-0.15, -0.1) is 0 Å². The molecule has 7 nitrogen and oxygen atoms in total. The summed E-state index contributed by atoms with van der Waals surface area (Å²) in [6.45, 7) is 5.62. The van der Waals surface area contributed by atoms with E-state index in [1.165, 1.54) is 0 Å². The first kappa shape index (κ1) is 27.0. The molecule has 0 aliphatic carbocycles. The molecule has 2 aliphatic heterocycles. The minimum Gasteiger partial charge on any atom is -0.489 e. The SMILES string of the molecule is S=P1(c2ccccc2)N2CCCN1c1ccccc1OCCOCCOCCOCCOc1ccccc12. The van der Waals surface area contributed by atoms with Gasteiger partial charge in [0.15, 0.2) is 6.34 Å². The molecule has 1 saturated heterocycles. The van der Waals surface area contributed by atoms with E-state index in [1.54, 1.807) is 0 Å². The van der Waals surface area contributed by atoms with Gasteiger partial charge in [0.05, 0.1) is 51.0 Å². The molecule has 0 spiro atoms. The molecule has 3 aromatic rings. The molecule has 2 bridgehead atoms. The molecular formula is C29H35N2O5PS. The van der Waals surface area contributed by atoms with Crippen LogP contribution in [-0.4, -0.2) is 65.9 Å². The molecule has 202 valence electrons. The van der Waals surface area contributed by atoms with Gasteiger partial charge in [0.2, 0.25) is 0 Å².